The second kappa shape index (κ2) is 5.20. The number of rotatable bonds is 1. The molecule has 0 radical (unpaired) electrons. The fourth-order valence-corrected chi connectivity index (χ4v) is 3.79. The lowest BCUT2D eigenvalue weighted by molar-refractivity contribution is 0.386. The van der Waals surface area contributed by atoms with Crippen LogP contribution in [0.5, 0.6) is 0 Å². The zero-order chi connectivity index (χ0) is 14.4. The molecule has 21 heavy (non-hydrogen) atoms. The van der Waals surface area contributed by atoms with Gasteiger partial charge >= 0.3 is 0 Å². The Morgan fingerprint density at radius 3 is 2.10 bits per heavy atom. The van der Waals surface area contributed by atoms with E-state index in [0.717, 1.165) is 23.1 Å². The van der Waals surface area contributed by atoms with Crippen LogP contribution in [-0.4, -0.2) is 17.7 Å². The van der Waals surface area contributed by atoms with Crippen molar-refractivity contribution in [2.24, 2.45) is 0 Å². The first-order valence-electron chi connectivity index (χ1n) is 7.33. The molecule has 0 amide bonds. The second-order valence-corrected chi connectivity index (χ2v) is 6.57. The van der Waals surface area contributed by atoms with Crippen LogP contribution in [0, 0.1) is 0 Å². The number of nitrogens with one attached hydrogen (secondary N) is 1. The van der Waals surface area contributed by atoms with Crippen LogP contribution in [0.1, 0.15) is 18.9 Å². The highest BCUT2D eigenvalue weighted by atomic mass is 35.5. The van der Waals surface area contributed by atoms with Gasteiger partial charge in [-0.25, -0.2) is 0 Å². The van der Waals surface area contributed by atoms with Crippen molar-refractivity contribution in [1.82, 2.24) is 9.88 Å². The highest BCUT2D eigenvalue weighted by Crippen LogP contribution is 2.36. The Hall–Kier alpha value is -1.22. The molecule has 0 spiro atoms. The van der Waals surface area contributed by atoms with Gasteiger partial charge in [-0.2, -0.15) is 0 Å². The summed E-state index contributed by atoms with van der Waals surface area (Å²) in [6.07, 6.45) is 2.42. The molecule has 1 N–H and O–H groups in total. The Bertz CT molecular complexity index is 757. The summed E-state index contributed by atoms with van der Waals surface area (Å²) in [4.78, 5) is 0. The quantitative estimate of drug-likeness (QED) is 0.666. The predicted molar refractivity (Wildman–Crippen MR) is 90.6 cm³/mol. The van der Waals surface area contributed by atoms with Crippen LogP contribution in [-0.2, 0) is 0 Å². The third kappa shape index (κ3) is 2.22. The van der Waals surface area contributed by atoms with Crippen LogP contribution in [0.25, 0.3) is 21.8 Å². The van der Waals surface area contributed by atoms with Crippen LogP contribution in [0.3, 0.4) is 0 Å². The molecule has 4 rings (SSSR count). The lowest BCUT2D eigenvalue weighted by Gasteiger charge is -2.26. The van der Waals surface area contributed by atoms with Crippen LogP contribution >= 0.6 is 23.2 Å². The minimum absolute atomic E-state index is 0.487. The number of piperidine rings is 1. The smallest absolute Gasteiger partial charge is 0.0495 e. The summed E-state index contributed by atoms with van der Waals surface area (Å²) in [5.74, 6) is 0. The molecule has 4 heteroatoms. The Balaban J connectivity index is 2.06. The fourth-order valence-electron chi connectivity index (χ4n) is 3.45. The van der Waals surface area contributed by atoms with Gasteiger partial charge in [0.1, 0.15) is 0 Å². The number of hydrogen-bond donors (Lipinski definition) is 1. The number of aromatic nitrogens is 1. The largest absolute Gasteiger partial charge is 0.336 e. The van der Waals surface area contributed by atoms with Gasteiger partial charge < -0.3 is 9.88 Å². The molecule has 108 valence electrons. The molecule has 0 saturated carbocycles. The van der Waals surface area contributed by atoms with E-state index in [9.17, 15) is 0 Å². The highest BCUT2D eigenvalue weighted by Gasteiger charge is 2.20. The first kappa shape index (κ1) is 13.4. The molecular weight excluding hydrogens is 303 g/mol. The Labute approximate surface area is 133 Å². The third-order valence-electron chi connectivity index (χ3n) is 4.36. The number of fused-ring (bicyclic) bond motifs is 3. The monoisotopic (exact) mass is 318 g/mol. The van der Waals surface area contributed by atoms with E-state index >= 15 is 0 Å². The third-order valence-corrected chi connectivity index (χ3v) is 4.83. The van der Waals surface area contributed by atoms with E-state index in [1.807, 2.05) is 24.3 Å². The van der Waals surface area contributed by atoms with Crippen LogP contribution < -0.4 is 5.32 Å². The first-order valence-corrected chi connectivity index (χ1v) is 8.09. The van der Waals surface area contributed by atoms with Crippen molar-refractivity contribution in [3.05, 3.63) is 46.4 Å². The fraction of sp³-hybridized carbons (Fsp3) is 0.294. The van der Waals surface area contributed by atoms with Gasteiger partial charge in [0.05, 0.1) is 0 Å². The molecule has 1 fully saturated rings. The van der Waals surface area contributed by atoms with Gasteiger partial charge in [0.2, 0.25) is 0 Å². The minimum atomic E-state index is 0.487. The summed E-state index contributed by atoms with van der Waals surface area (Å²) < 4.78 is 2.45. The SMILES string of the molecule is Clc1ccc2c(c1)c1cc(Cl)ccc1n2[C@H]1CCCNC1. The highest BCUT2D eigenvalue weighted by molar-refractivity contribution is 6.33. The Kier molecular flexibility index (Phi) is 3.33. The zero-order valence-corrected chi connectivity index (χ0v) is 13.1. The molecule has 2 heterocycles. The Morgan fingerprint density at radius 1 is 0.952 bits per heavy atom. The standard InChI is InChI=1S/C17H16Cl2N2/c18-11-3-5-16-14(8-11)15-9-12(19)4-6-17(15)21(16)13-2-1-7-20-10-13/h3-6,8-9,13,20H,1-2,7,10H2/t13-/m0/s1. The molecule has 1 aliphatic heterocycles. The number of halogens is 2. The molecule has 1 atom stereocenters. The average Bonchev–Trinajstić information content (AvgIpc) is 2.81. The number of nitrogens with zero attached hydrogens (tertiary/aromatic N) is 1. The summed E-state index contributed by atoms with van der Waals surface area (Å²) in [6.45, 7) is 2.13. The van der Waals surface area contributed by atoms with Gasteiger partial charge in [-0.1, -0.05) is 23.2 Å². The van der Waals surface area contributed by atoms with E-state index in [1.165, 1.54) is 34.6 Å². The van der Waals surface area contributed by atoms with Crippen LogP contribution in [0.2, 0.25) is 10.0 Å². The summed E-state index contributed by atoms with van der Waals surface area (Å²) >= 11 is 12.4. The molecular formula is C17H16Cl2N2. The lowest BCUT2D eigenvalue weighted by Crippen LogP contribution is -2.31. The molecule has 3 aromatic rings. The van der Waals surface area contributed by atoms with Crippen molar-refractivity contribution in [1.29, 1.82) is 0 Å². The maximum Gasteiger partial charge on any atom is 0.0495 e. The summed E-state index contributed by atoms with van der Waals surface area (Å²) in [5.41, 5.74) is 2.48. The van der Waals surface area contributed by atoms with Crippen molar-refractivity contribution in [3.63, 3.8) is 0 Å². The van der Waals surface area contributed by atoms with E-state index in [-0.39, 0.29) is 0 Å². The van der Waals surface area contributed by atoms with Crippen molar-refractivity contribution < 1.29 is 0 Å². The van der Waals surface area contributed by atoms with Gasteiger partial charge in [-0.05, 0) is 55.8 Å². The van der Waals surface area contributed by atoms with E-state index in [2.05, 4.69) is 22.0 Å². The van der Waals surface area contributed by atoms with E-state index in [1.54, 1.807) is 0 Å². The molecule has 1 saturated heterocycles. The van der Waals surface area contributed by atoms with E-state index in [0.29, 0.717) is 6.04 Å². The molecule has 1 aliphatic rings. The maximum absolute atomic E-state index is 6.20. The molecule has 2 aromatic carbocycles. The lowest BCUT2D eigenvalue weighted by atomic mass is 10.1. The van der Waals surface area contributed by atoms with Crippen molar-refractivity contribution in [2.45, 2.75) is 18.9 Å². The summed E-state index contributed by atoms with van der Waals surface area (Å²) in [7, 11) is 0. The predicted octanol–water partition coefficient (Wildman–Crippen LogP) is 5.03. The minimum Gasteiger partial charge on any atom is -0.336 e. The first-order chi connectivity index (χ1) is 10.2. The topological polar surface area (TPSA) is 17.0 Å². The summed E-state index contributed by atoms with van der Waals surface area (Å²) in [5, 5.41) is 7.41. The van der Waals surface area contributed by atoms with Crippen molar-refractivity contribution in [2.75, 3.05) is 13.1 Å². The molecule has 0 unspecified atom stereocenters. The van der Waals surface area contributed by atoms with Gasteiger partial charge in [0.25, 0.3) is 0 Å². The van der Waals surface area contributed by atoms with Gasteiger partial charge in [-0.15, -0.1) is 0 Å². The van der Waals surface area contributed by atoms with Crippen LogP contribution in [0.4, 0.5) is 0 Å². The van der Waals surface area contributed by atoms with Gasteiger partial charge in [0, 0.05) is 44.4 Å². The van der Waals surface area contributed by atoms with E-state index < -0.39 is 0 Å². The van der Waals surface area contributed by atoms with Crippen molar-refractivity contribution >= 4 is 45.0 Å². The maximum atomic E-state index is 6.20. The van der Waals surface area contributed by atoms with Gasteiger partial charge in [-0.3, -0.25) is 0 Å². The van der Waals surface area contributed by atoms with E-state index in [4.69, 9.17) is 23.2 Å². The second-order valence-electron chi connectivity index (χ2n) is 5.69. The molecule has 0 bridgehead atoms. The molecule has 1 aromatic heterocycles. The van der Waals surface area contributed by atoms with Gasteiger partial charge in [0.15, 0.2) is 0 Å². The zero-order valence-electron chi connectivity index (χ0n) is 11.6. The summed E-state index contributed by atoms with van der Waals surface area (Å²) in [6, 6.07) is 12.8. The number of hydrogen-bond acceptors (Lipinski definition) is 1. The van der Waals surface area contributed by atoms with Crippen LogP contribution in [0.15, 0.2) is 36.4 Å². The Morgan fingerprint density at radius 2 is 1.57 bits per heavy atom. The molecule has 0 aliphatic carbocycles. The average molecular weight is 319 g/mol. The normalized spacial score (nSPS) is 19.4. The van der Waals surface area contributed by atoms with Crippen molar-refractivity contribution in [3.8, 4) is 0 Å². The molecule has 2 nitrogen and oxygen atoms in total. The number of benzene rings is 2.